The van der Waals surface area contributed by atoms with E-state index in [9.17, 15) is 9.18 Å². The lowest BCUT2D eigenvalue weighted by Crippen LogP contribution is -2.38. The van der Waals surface area contributed by atoms with Gasteiger partial charge in [0.1, 0.15) is 11.6 Å². The monoisotopic (exact) mass is 399 g/mol. The van der Waals surface area contributed by atoms with Crippen molar-refractivity contribution in [2.75, 3.05) is 30.9 Å². The molecule has 0 bridgehead atoms. The molecule has 1 aromatic carbocycles. The number of amides is 1. The average molecular weight is 400 g/mol. The molecule has 0 unspecified atom stereocenters. The largest absolute Gasteiger partial charge is 0.362 e. The molecule has 1 heterocycles. The Balaban J connectivity index is 1.46. The van der Waals surface area contributed by atoms with Crippen molar-refractivity contribution in [3.8, 4) is 0 Å². The van der Waals surface area contributed by atoms with E-state index in [1.54, 1.807) is 19.1 Å². The summed E-state index contributed by atoms with van der Waals surface area (Å²) in [4.78, 5) is 23.3. The molecule has 156 valence electrons. The zero-order valence-electron chi connectivity index (χ0n) is 17.6. The molecular formula is C22H30FN5O. The van der Waals surface area contributed by atoms with Gasteiger partial charge in [0, 0.05) is 44.0 Å². The summed E-state index contributed by atoms with van der Waals surface area (Å²) in [7, 11) is 3.94. The van der Waals surface area contributed by atoms with Gasteiger partial charge in [0.2, 0.25) is 5.95 Å². The summed E-state index contributed by atoms with van der Waals surface area (Å²) in [6, 6.07) is 4.76. The molecular weight excluding hydrogens is 369 g/mol. The molecule has 0 saturated heterocycles. The van der Waals surface area contributed by atoms with Crippen molar-refractivity contribution in [2.45, 2.75) is 45.6 Å². The fraction of sp³-hybridized carbons (Fsp3) is 0.500. The van der Waals surface area contributed by atoms with Crippen LogP contribution < -0.4 is 15.5 Å². The highest BCUT2D eigenvalue weighted by atomic mass is 19.1. The van der Waals surface area contributed by atoms with Crippen LogP contribution in [0.4, 0.5) is 16.2 Å². The number of nitrogens with zero attached hydrogens (tertiary/aromatic N) is 3. The van der Waals surface area contributed by atoms with Crippen LogP contribution in [0.15, 0.2) is 24.4 Å². The van der Waals surface area contributed by atoms with E-state index in [0.29, 0.717) is 23.0 Å². The number of aryl methyl sites for hydroxylation is 2. The molecule has 1 aromatic heterocycles. The predicted octanol–water partition coefficient (Wildman–Crippen LogP) is 3.70. The van der Waals surface area contributed by atoms with Gasteiger partial charge >= 0.3 is 0 Å². The second-order valence-corrected chi connectivity index (χ2v) is 8.13. The smallest absolute Gasteiger partial charge is 0.251 e. The third-order valence-electron chi connectivity index (χ3n) is 5.53. The SMILES string of the molecule is Cc1ccc(C(=O)N[C@H]2CC[C@@H](CNc3ncc(C)c(N(C)C)n3)CC2)cc1F. The van der Waals surface area contributed by atoms with Gasteiger partial charge in [0.15, 0.2) is 0 Å². The summed E-state index contributed by atoms with van der Waals surface area (Å²) in [5.74, 6) is 1.54. The first-order valence-corrected chi connectivity index (χ1v) is 10.2. The Morgan fingerprint density at radius 2 is 1.90 bits per heavy atom. The third kappa shape index (κ3) is 5.43. The van der Waals surface area contributed by atoms with Crippen molar-refractivity contribution >= 4 is 17.7 Å². The van der Waals surface area contributed by atoms with Gasteiger partial charge in [-0.15, -0.1) is 0 Å². The Labute approximate surface area is 171 Å². The Bertz CT molecular complexity index is 862. The standard InChI is InChI=1S/C22H30FN5O/c1-14-5-8-17(11-19(14)23)21(29)26-18-9-6-16(7-10-18)13-25-22-24-12-15(2)20(27-22)28(3)4/h5,8,11-12,16,18H,6-7,9-10,13H2,1-4H3,(H,26,29)(H,24,25,27)/t16-,18+. The van der Waals surface area contributed by atoms with E-state index in [1.807, 2.05) is 32.1 Å². The van der Waals surface area contributed by atoms with Crippen LogP contribution in [0.2, 0.25) is 0 Å². The number of carbonyl (C=O) groups is 1. The summed E-state index contributed by atoms with van der Waals surface area (Å²) in [6.45, 7) is 4.51. The number of rotatable bonds is 6. The van der Waals surface area contributed by atoms with Crippen LogP contribution in [0.3, 0.4) is 0 Å². The molecule has 3 rings (SSSR count). The lowest BCUT2D eigenvalue weighted by atomic mass is 9.86. The number of halogens is 1. The van der Waals surface area contributed by atoms with Crippen molar-refractivity contribution in [3.05, 3.63) is 46.9 Å². The molecule has 0 aliphatic heterocycles. The highest BCUT2D eigenvalue weighted by Crippen LogP contribution is 2.25. The van der Waals surface area contributed by atoms with Crippen LogP contribution in [0.5, 0.6) is 0 Å². The van der Waals surface area contributed by atoms with E-state index < -0.39 is 0 Å². The van der Waals surface area contributed by atoms with Crippen molar-refractivity contribution in [1.29, 1.82) is 0 Å². The van der Waals surface area contributed by atoms with Gasteiger partial charge in [-0.1, -0.05) is 6.07 Å². The predicted molar refractivity (Wildman–Crippen MR) is 114 cm³/mol. The molecule has 29 heavy (non-hydrogen) atoms. The maximum Gasteiger partial charge on any atom is 0.251 e. The van der Waals surface area contributed by atoms with Gasteiger partial charge in [-0.3, -0.25) is 4.79 Å². The molecule has 2 N–H and O–H groups in total. The quantitative estimate of drug-likeness (QED) is 0.775. The molecule has 7 heteroatoms. The van der Waals surface area contributed by atoms with Crippen molar-refractivity contribution in [3.63, 3.8) is 0 Å². The summed E-state index contributed by atoms with van der Waals surface area (Å²) >= 11 is 0. The molecule has 0 radical (unpaired) electrons. The zero-order valence-corrected chi connectivity index (χ0v) is 17.6. The Morgan fingerprint density at radius 3 is 2.55 bits per heavy atom. The first-order chi connectivity index (χ1) is 13.8. The van der Waals surface area contributed by atoms with Crippen LogP contribution in [-0.2, 0) is 0 Å². The summed E-state index contributed by atoms with van der Waals surface area (Å²) in [6.07, 6.45) is 5.72. The van der Waals surface area contributed by atoms with Crippen molar-refractivity contribution < 1.29 is 9.18 Å². The number of aromatic nitrogens is 2. The van der Waals surface area contributed by atoms with Crippen molar-refractivity contribution in [2.24, 2.45) is 5.92 Å². The van der Waals surface area contributed by atoms with Gasteiger partial charge in [-0.2, -0.15) is 4.98 Å². The number of hydrogen-bond donors (Lipinski definition) is 2. The molecule has 1 fully saturated rings. The number of benzene rings is 1. The van der Waals surface area contributed by atoms with Gasteiger partial charge in [0.05, 0.1) is 0 Å². The number of carbonyl (C=O) groups excluding carboxylic acids is 1. The van der Waals surface area contributed by atoms with E-state index in [2.05, 4.69) is 20.6 Å². The maximum atomic E-state index is 13.7. The molecule has 1 aliphatic rings. The lowest BCUT2D eigenvalue weighted by molar-refractivity contribution is 0.0922. The first kappa shape index (κ1) is 21.0. The van der Waals surface area contributed by atoms with E-state index in [4.69, 9.17) is 0 Å². The Kier molecular flexibility index (Phi) is 6.67. The summed E-state index contributed by atoms with van der Waals surface area (Å²) < 4.78 is 13.7. The van der Waals surface area contributed by atoms with Gasteiger partial charge in [0.25, 0.3) is 5.91 Å². The fourth-order valence-corrected chi connectivity index (χ4v) is 3.72. The zero-order chi connectivity index (χ0) is 21.0. The minimum absolute atomic E-state index is 0.138. The normalized spacial score (nSPS) is 18.9. The van der Waals surface area contributed by atoms with Gasteiger partial charge in [-0.25, -0.2) is 9.37 Å². The van der Waals surface area contributed by atoms with E-state index in [1.165, 1.54) is 6.07 Å². The second-order valence-electron chi connectivity index (χ2n) is 8.13. The minimum Gasteiger partial charge on any atom is -0.362 e. The highest BCUT2D eigenvalue weighted by Gasteiger charge is 2.23. The van der Waals surface area contributed by atoms with Gasteiger partial charge in [-0.05, 0) is 63.1 Å². The van der Waals surface area contributed by atoms with Crippen molar-refractivity contribution in [1.82, 2.24) is 15.3 Å². The molecule has 6 nitrogen and oxygen atoms in total. The molecule has 0 spiro atoms. The summed E-state index contributed by atoms with van der Waals surface area (Å²) in [5, 5.41) is 6.40. The van der Waals surface area contributed by atoms with Gasteiger partial charge < -0.3 is 15.5 Å². The summed E-state index contributed by atoms with van der Waals surface area (Å²) in [5.41, 5.74) is 1.97. The highest BCUT2D eigenvalue weighted by molar-refractivity contribution is 5.94. The van der Waals surface area contributed by atoms with Crippen LogP contribution >= 0.6 is 0 Å². The maximum absolute atomic E-state index is 13.7. The molecule has 1 saturated carbocycles. The van der Waals surface area contributed by atoms with Crippen LogP contribution in [0.1, 0.15) is 47.2 Å². The van der Waals surface area contributed by atoms with E-state index in [-0.39, 0.29) is 17.8 Å². The lowest BCUT2D eigenvalue weighted by Gasteiger charge is -2.29. The third-order valence-corrected chi connectivity index (χ3v) is 5.53. The van der Waals surface area contributed by atoms with E-state index >= 15 is 0 Å². The van der Waals surface area contributed by atoms with Crippen LogP contribution in [0.25, 0.3) is 0 Å². The van der Waals surface area contributed by atoms with Crippen LogP contribution in [0, 0.1) is 25.6 Å². The second kappa shape index (κ2) is 9.20. The number of nitrogens with one attached hydrogen (secondary N) is 2. The first-order valence-electron chi connectivity index (χ1n) is 10.2. The Hall–Kier alpha value is -2.70. The minimum atomic E-state index is -0.344. The molecule has 2 aromatic rings. The topological polar surface area (TPSA) is 70.2 Å². The fourth-order valence-electron chi connectivity index (χ4n) is 3.72. The number of anilines is 2. The Morgan fingerprint density at radius 1 is 1.17 bits per heavy atom. The van der Waals surface area contributed by atoms with E-state index in [0.717, 1.165) is 43.6 Å². The van der Waals surface area contributed by atoms with Crippen LogP contribution in [-0.4, -0.2) is 42.6 Å². The molecule has 0 atom stereocenters. The average Bonchev–Trinajstić information content (AvgIpc) is 2.70. The number of hydrogen-bond acceptors (Lipinski definition) is 5. The molecule has 1 aliphatic carbocycles. The molecule has 1 amide bonds.